The summed E-state index contributed by atoms with van der Waals surface area (Å²) in [5.74, 6) is 1.23. The van der Waals surface area contributed by atoms with E-state index in [0.717, 1.165) is 21.6 Å². The lowest BCUT2D eigenvalue weighted by atomic mass is 10.1. The Kier molecular flexibility index (Phi) is 3.74. The molecule has 0 spiro atoms. The lowest BCUT2D eigenvalue weighted by Gasteiger charge is -2.08. The zero-order chi connectivity index (χ0) is 12.4. The van der Waals surface area contributed by atoms with Crippen molar-refractivity contribution in [3.63, 3.8) is 0 Å². The smallest absolute Gasteiger partial charge is 0.139 e. The van der Waals surface area contributed by atoms with E-state index in [4.69, 9.17) is 12.2 Å². The van der Waals surface area contributed by atoms with Gasteiger partial charge in [0.2, 0.25) is 0 Å². The third-order valence-electron chi connectivity index (χ3n) is 2.48. The summed E-state index contributed by atoms with van der Waals surface area (Å²) in [7, 11) is 0. The van der Waals surface area contributed by atoms with Crippen LogP contribution in [-0.4, -0.2) is 9.97 Å². The molecule has 0 unspecified atom stereocenters. The topological polar surface area (TPSA) is 28.7 Å². The number of nitrogens with one attached hydrogen (secondary N) is 1. The van der Waals surface area contributed by atoms with Gasteiger partial charge in [-0.05, 0) is 24.1 Å². The number of halogens is 1. The highest BCUT2D eigenvalue weighted by Gasteiger charge is 2.05. The molecular formula is C13H13BrN2S. The summed E-state index contributed by atoms with van der Waals surface area (Å²) < 4.78 is 1.66. The molecule has 0 aliphatic heterocycles. The van der Waals surface area contributed by atoms with E-state index in [2.05, 4.69) is 39.7 Å². The molecule has 2 rings (SSSR count). The maximum atomic E-state index is 5.20. The number of H-pyrrole nitrogens is 1. The Balaban J connectivity index is 2.56. The molecule has 0 saturated carbocycles. The molecule has 0 fully saturated rings. The fraction of sp³-hybridized carbons (Fsp3) is 0.231. The average molecular weight is 309 g/mol. The van der Waals surface area contributed by atoms with Crippen molar-refractivity contribution >= 4 is 28.1 Å². The molecular weight excluding hydrogens is 296 g/mol. The third kappa shape index (κ3) is 3.01. The number of aromatic amines is 1. The summed E-state index contributed by atoms with van der Waals surface area (Å²) in [6, 6.07) is 9.94. The first-order valence-electron chi connectivity index (χ1n) is 5.43. The molecule has 4 heteroatoms. The number of hydrogen-bond donors (Lipinski definition) is 1. The number of nitrogens with zero attached hydrogens (tertiary/aromatic N) is 1. The zero-order valence-electron chi connectivity index (χ0n) is 9.70. The Morgan fingerprint density at radius 3 is 2.71 bits per heavy atom. The molecule has 0 aliphatic rings. The molecule has 2 nitrogen and oxygen atoms in total. The SMILES string of the molecule is CC(C)c1cc(=S)nc(-c2cccc(Br)c2)[nH]1. The van der Waals surface area contributed by atoms with E-state index in [1.807, 2.05) is 30.3 Å². The van der Waals surface area contributed by atoms with Crippen LogP contribution in [0.2, 0.25) is 0 Å². The van der Waals surface area contributed by atoms with Gasteiger partial charge in [-0.25, -0.2) is 4.98 Å². The van der Waals surface area contributed by atoms with Crippen LogP contribution in [0.25, 0.3) is 11.4 Å². The molecule has 2 aromatic rings. The second-order valence-corrected chi connectivity index (χ2v) is 5.52. The fourth-order valence-electron chi connectivity index (χ4n) is 1.56. The Hall–Kier alpha value is -1.00. The summed E-state index contributed by atoms with van der Waals surface area (Å²) in [5.41, 5.74) is 2.15. The van der Waals surface area contributed by atoms with Crippen molar-refractivity contribution in [2.75, 3.05) is 0 Å². The first-order chi connectivity index (χ1) is 8.06. The van der Waals surface area contributed by atoms with Crippen LogP contribution in [0, 0.1) is 4.64 Å². The van der Waals surface area contributed by atoms with Crippen molar-refractivity contribution in [2.45, 2.75) is 19.8 Å². The standard InChI is InChI=1S/C13H13BrN2S/c1-8(2)11-7-12(17)16-13(15-11)9-4-3-5-10(14)6-9/h3-8H,1-2H3,(H,15,16,17). The van der Waals surface area contributed by atoms with Crippen LogP contribution in [0.15, 0.2) is 34.8 Å². The summed E-state index contributed by atoms with van der Waals surface area (Å²) in [5, 5.41) is 0. The van der Waals surface area contributed by atoms with E-state index in [-0.39, 0.29) is 0 Å². The highest BCUT2D eigenvalue weighted by Crippen LogP contribution is 2.21. The van der Waals surface area contributed by atoms with Crippen LogP contribution in [-0.2, 0) is 0 Å². The van der Waals surface area contributed by atoms with Crippen LogP contribution in [0.5, 0.6) is 0 Å². The van der Waals surface area contributed by atoms with Crippen LogP contribution >= 0.6 is 28.1 Å². The summed E-state index contributed by atoms with van der Waals surface area (Å²) >= 11 is 8.65. The van der Waals surface area contributed by atoms with Crippen LogP contribution in [0.4, 0.5) is 0 Å². The average Bonchev–Trinajstić information content (AvgIpc) is 2.28. The monoisotopic (exact) mass is 308 g/mol. The van der Waals surface area contributed by atoms with Gasteiger partial charge in [-0.1, -0.05) is 54.1 Å². The van der Waals surface area contributed by atoms with Gasteiger partial charge in [0, 0.05) is 15.7 Å². The fourth-order valence-corrected chi connectivity index (χ4v) is 2.18. The van der Waals surface area contributed by atoms with Gasteiger partial charge in [0.15, 0.2) is 0 Å². The van der Waals surface area contributed by atoms with Gasteiger partial charge in [-0.3, -0.25) is 0 Å². The van der Waals surface area contributed by atoms with Crippen molar-refractivity contribution in [1.82, 2.24) is 9.97 Å². The van der Waals surface area contributed by atoms with Gasteiger partial charge in [0.05, 0.1) is 0 Å². The quantitative estimate of drug-likeness (QED) is 0.815. The van der Waals surface area contributed by atoms with Crippen molar-refractivity contribution in [2.24, 2.45) is 0 Å². The number of benzene rings is 1. The van der Waals surface area contributed by atoms with E-state index < -0.39 is 0 Å². The lowest BCUT2D eigenvalue weighted by molar-refractivity contribution is 0.815. The lowest BCUT2D eigenvalue weighted by Crippen LogP contribution is -1.97. The normalized spacial score (nSPS) is 10.8. The third-order valence-corrected chi connectivity index (χ3v) is 3.19. The van der Waals surface area contributed by atoms with Crippen molar-refractivity contribution < 1.29 is 0 Å². The molecule has 17 heavy (non-hydrogen) atoms. The minimum absolute atomic E-state index is 0.408. The van der Waals surface area contributed by atoms with E-state index in [9.17, 15) is 0 Å². The molecule has 1 aromatic heterocycles. The molecule has 0 atom stereocenters. The summed E-state index contributed by atoms with van der Waals surface area (Å²) in [6.07, 6.45) is 0. The Labute approximate surface area is 114 Å². The molecule has 1 heterocycles. The minimum atomic E-state index is 0.408. The van der Waals surface area contributed by atoms with Crippen molar-refractivity contribution in [3.05, 3.63) is 45.1 Å². The van der Waals surface area contributed by atoms with E-state index in [1.54, 1.807) is 0 Å². The predicted molar refractivity (Wildman–Crippen MR) is 76.6 cm³/mol. The van der Waals surface area contributed by atoms with E-state index in [0.29, 0.717) is 10.6 Å². The van der Waals surface area contributed by atoms with Gasteiger partial charge < -0.3 is 4.98 Å². The molecule has 0 radical (unpaired) electrons. The Morgan fingerprint density at radius 2 is 2.06 bits per heavy atom. The van der Waals surface area contributed by atoms with Gasteiger partial charge in [-0.2, -0.15) is 0 Å². The highest BCUT2D eigenvalue weighted by molar-refractivity contribution is 9.10. The largest absolute Gasteiger partial charge is 0.343 e. The molecule has 0 aliphatic carbocycles. The highest BCUT2D eigenvalue weighted by atomic mass is 79.9. The second kappa shape index (κ2) is 5.10. The van der Waals surface area contributed by atoms with Gasteiger partial charge in [0.1, 0.15) is 10.5 Å². The predicted octanol–water partition coefficient (Wildman–Crippen LogP) is 4.69. The zero-order valence-corrected chi connectivity index (χ0v) is 12.1. The number of rotatable bonds is 2. The van der Waals surface area contributed by atoms with Crippen molar-refractivity contribution in [3.8, 4) is 11.4 Å². The van der Waals surface area contributed by atoms with Crippen LogP contribution < -0.4 is 0 Å². The second-order valence-electron chi connectivity index (χ2n) is 4.19. The van der Waals surface area contributed by atoms with Gasteiger partial charge in [0.25, 0.3) is 0 Å². The summed E-state index contributed by atoms with van der Waals surface area (Å²) in [6.45, 7) is 4.26. The van der Waals surface area contributed by atoms with Gasteiger partial charge in [-0.15, -0.1) is 0 Å². The van der Waals surface area contributed by atoms with E-state index in [1.165, 1.54) is 0 Å². The summed E-state index contributed by atoms with van der Waals surface area (Å²) in [4.78, 5) is 7.70. The Morgan fingerprint density at radius 1 is 1.29 bits per heavy atom. The molecule has 0 saturated heterocycles. The maximum Gasteiger partial charge on any atom is 0.139 e. The number of aromatic nitrogens is 2. The number of hydrogen-bond acceptors (Lipinski definition) is 2. The van der Waals surface area contributed by atoms with Crippen LogP contribution in [0.3, 0.4) is 0 Å². The molecule has 1 aromatic carbocycles. The molecule has 1 N–H and O–H groups in total. The first-order valence-corrected chi connectivity index (χ1v) is 6.63. The molecule has 88 valence electrons. The minimum Gasteiger partial charge on any atom is -0.343 e. The van der Waals surface area contributed by atoms with Crippen molar-refractivity contribution in [1.29, 1.82) is 0 Å². The molecule has 0 amide bonds. The molecule has 0 bridgehead atoms. The van der Waals surface area contributed by atoms with Gasteiger partial charge >= 0.3 is 0 Å². The first kappa shape index (κ1) is 12.5. The van der Waals surface area contributed by atoms with E-state index >= 15 is 0 Å². The maximum absolute atomic E-state index is 5.20. The van der Waals surface area contributed by atoms with Crippen LogP contribution in [0.1, 0.15) is 25.5 Å². The Bertz CT molecular complexity index is 590.